The van der Waals surface area contributed by atoms with Gasteiger partial charge in [0, 0.05) is 6.42 Å². The molecule has 1 aromatic carbocycles. The minimum absolute atomic E-state index is 0.0965. The number of carbonyl (C=O) groups excluding carboxylic acids is 1. The summed E-state index contributed by atoms with van der Waals surface area (Å²) in [5, 5.41) is 0. The number of ether oxygens (including phenoxy) is 1. The molecule has 0 spiro atoms. The number of aryl methyl sites for hydroxylation is 1. The van der Waals surface area contributed by atoms with Gasteiger partial charge in [-0.25, -0.2) is 5.48 Å². The SMILES string of the molecule is CCONC(=O)CCc1ccc(OCC)cc1. The van der Waals surface area contributed by atoms with E-state index < -0.39 is 0 Å². The molecule has 1 N–H and O–H groups in total. The van der Waals surface area contributed by atoms with Crippen LogP contribution in [0, 0.1) is 0 Å². The third kappa shape index (κ3) is 5.36. The number of rotatable bonds is 7. The number of carbonyl (C=O) groups is 1. The second kappa shape index (κ2) is 7.68. The standard InChI is InChI=1S/C13H19NO3/c1-3-16-12-8-5-11(6-9-12)7-10-13(15)14-17-4-2/h5-6,8-9H,3-4,7,10H2,1-2H3,(H,14,15). The minimum Gasteiger partial charge on any atom is -0.494 e. The van der Waals surface area contributed by atoms with Crippen molar-refractivity contribution < 1.29 is 14.4 Å². The van der Waals surface area contributed by atoms with Crippen LogP contribution in [0.4, 0.5) is 0 Å². The van der Waals surface area contributed by atoms with Gasteiger partial charge in [-0.15, -0.1) is 0 Å². The third-order valence-corrected chi connectivity index (χ3v) is 2.21. The van der Waals surface area contributed by atoms with E-state index >= 15 is 0 Å². The molecule has 0 unspecified atom stereocenters. The van der Waals surface area contributed by atoms with Crippen LogP contribution in [0.25, 0.3) is 0 Å². The average molecular weight is 237 g/mol. The van der Waals surface area contributed by atoms with Gasteiger partial charge in [-0.3, -0.25) is 9.63 Å². The van der Waals surface area contributed by atoms with Gasteiger partial charge >= 0.3 is 0 Å². The van der Waals surface area contributed by atoms with Gasteiger partial charge in [0.1, 0.15) is 5.75 Å². The molecule has 17 heavy (non-hydrogen) atoms. The van der Waals surface area contributed by atoms with E-state index in [0.717, 1.165) is 11.3 Å². The number of hydrogen-bond donors (Lipinski definition) is 1. The van der Waals surface area contributed by atoms with E-state index in [-0.39, 0.29) is 5.91 Å². The average Bonchev–Trinajstić information content (AvgIpc) is 2.36. The fourth-order valence-electron chi connectivity index (χ4n) is 1.38. The predicted molar refractivity (Wildman–Crippen MR) is 65.7 cm³/mol. The molecule has 0 bridgehead atoms. The van der Waals surface area contributed by atoms with Crippen molar-refractivity contribution in [1.82, 2.24) is 5.48 Å². The van der Waals surface area contributed by atoms with Crippen LogP contribution in [0.1, 0.15) is 25.8 Å². The zero-order chi connectivity index (χ0) is 12.5. The van der Waals surface area contributed by atoms with E-state index in [1.165, 1.54) is 0 Å². The molecule has 1 amide bonds. The van der Waals surface area contributed by atoms with Gasteiger partial charge in [0.25, 0.3) is 0 Å². The molecule has 0 atom stereocenters. The van der Waals surface area contributed by atoms with Crippen molar-refractivity contribution in [2.45, 2.75) is 26.7 Å². The Labute approximate surface area is 102 Å². The highest BCUT2D eigenvalue weighted by Crippen LogP contribution is 2.13. The first-order chi connectivity index (χ1) is 8.26. The Bertz CT molecular complexity index is 335. The maximum atomic E-state index is 11.3. The Hall–Kier alpha value is -1.55. The number of amides is 1. The summed E-state index contributed by atoms with van der Waals surface area (Å²) >= 11 is 0. The first-order valence-corrected chi connectivity index (χ1v) is 5.88. The minimum atomic E-state index is -0.0965. The molecule has 1 aromatic rings. The third-order valence-electron chi connectivity index (χ3n) is 2.21. The zero-order valence-corrected chi connectivity index (χ0v) is 10.4. The molecule has 0 fully saturated rings. The topological polar surface area (TPSA) is 47.6 Å². The van der Waals surface area contributed by atoms with Gasteiger partial charge in [-0.2, -0.15) is 0 Å². The molecular formula is C13H19NO3. The lowest BCUT2D eigenvalue weighted by Gasteiger charge is -2.05. The van der Waals surface area contributed by atoms with E-state index in [1.807, 2.05) is 38.1 Å². The molecule has 0 saturated heterocycles. The van der Waals surface area contributed by atoms with Crippen molar-refractivity contribution in [3.63, 3.8) is 0 Å². The highest BCUT2D eigenvalue weighted by molar-refractivity contribution is 5.75. The fourth-order valence-corrected chi connectivity index (χ4v) is 1.38. The highest BCUT2D eigenvalue weighted by atomic mass is 16.6. The summed E-state index contributed by atoms with van der Waals surface area (Å²) in [5.74, 6) is 0.760. The van der Waals surface area contributed by atoms with Crippen LogP contribution in [-0.2, 0) is 16.1 Å². The molecule has 0 radical (unpaired) electrons. The first kappa shape index (κ1) is 13.5. The van der Waals surface area contributed by atoms with Crippen LogP contribution < -0.4 is 10.2 Å². The van der Waals surface area contributed by atoms with E-state index in [0.29, 0.717) is 26.1 Å². The Morgan fingerprint density at radius 2 is 1.88 bits per heavy atom. The molecule has 0 saturated carbocycles. The van der Waals surface area contributed by atoms with Crippen LogP contribution in [0.2, 0.25) is 0 Å². The molecule has 0 aliphatic rings. The lowest BCUT2D eigenvalue weighted by atomic mass is 10.1. The van der Waals surface area contributed by atoms with Crippen molar-refractivity contribution in [2.75, 3.05) is 13.2 Å². The Morgan fingerprint density at radius 3 is 2.47 bits per heavy atom. The number of hydrogen-bond acceptors (Lipinski definition) is 3. The smallest absolute Gasteiger partial charge is 0.243 e. The molecule has 1 rings (SSSR count). The van der Waals surface area contributed by atoms with Crippen molar-refractivity contribution in [1.29, 1.82) is 0 Å². The summed E-state index contributed by atoms with van der Waals surface area (Å²) in [6, 6.07) is 7.77. The molecule has 0 heterocycles. The largest absolute Gasteiger partial charge is 0.494 e. The van der Waals surface area contributed by atoms with Crippen LogP contribution in [-0.4, -0.2) is 19.1 Å². The summed E-state index contributed by atoms with van der Waals surface area (Å²) in [6.45, 7) is 4.92. The summed E-state index contributed by atoms with van der Waals surface area (Å²) < 4.78 is 5.34. The lowest BCUT2D eigenvalue weighted by molar-refractivity contribution is -0.133. The van der Waals surface area contributed by atoms with Crippen molar-refractivity contribution in [2.24, 2.45) is 0 Å². The van der Waals surface area contributed by atoms with Crippen LogP contribution in [0.3, 0.4) is 0 Å². The van der Waals surface area contributed by atoms with Crippen LogP contribution >= 0.6 is 0 Å². The normalized spacial score (nSPS) is 10.0. The molecular weight excluding hydrogens is 218 g/mol. The number of benzene rings is 1. The van der Waals surface area contributed by atoms with Gasteiger partial charge in [0.05, 0.1) is 13.2 Å². The van der Waals surface area contributed by atoms with Crippen molar-refractivity contribution in [3.05, 3.63) is 29.8 Å². The van der Waals surface area contributed by atoms with E-state index in [9.17, 15) is 4.79 Å². The molecule has 4 nitrogen and oxygen atoms in total. The molecule has 94 valence electrons. The van der Waals surface area contributed by atoms with Crippen molar-refractivity contribution >= 4 is 5.91 Å². The summed E-state index contributed by atoms with van der Waals surface area (Å²) in [6.07, 6.45) is 1.12. The Balaban J connectivity index is 2.34. The van der Waals surface area contributed by atoms with Crippen LogP contribution in [0.15, 0.2) is 24.3 Å². The fraction of sp³-hybridized carbons (Fsp3) is 0.462. The van der Waals surface area contributed by atoms with E-state index in [4.69, 9.17) is 9.57 Å². The Morgan fingerprint density at radius 1 is 1.18 bits per heavy atom. The summed E-state index contributed by atoms with van der Waals surface area (Å²) in [4.78, 5) is 16.1. The van der Waals surface area contributed by atoms with Crippen molar-refractivity contribution in [3.8, 4) is 5.75 Å². The first-order valence-electron chi connectivity index (χ1n) is 5.88. The second-order valence-electron chi connectivity index (χ2n) is 3.54. The second-order valence-corrected chi connectivity index (χ2v) is 3.54. The van der Waals surface area contributed by atoms with Crippen LogP contribution in [0.5, 0.6) is 5.75 Å². The maximum Gasteiger partial charge on any atom is 0.243 e. The van der Waals surface area contributed by atoms with Gasteiger partial charge in [0.2, 0.25) is 5.91 Å². The molecule has 0 aliphatic carbocycles. The van der Waals surface area contributed by atoms with E-state index in [2.05, 4.69) is 5.48 Å². The zero-order valence-electron chi connectivity index (χ0n) is 10.4. The number of nitrogens with one attached hydrogen (secondary N) is 1. The predicted octanol–water partition coefficient (Wildman–Crippen LogP) is 2.09. The van der Waals surface area contributed by atoms with E-state index in [1.54, 1.807) is 0 Å². The molecule has 0 aliphatic heterocycles. The molecule has 0 aromatic heterocycles. The maximum absolute atomic E-state index is 11.3. The van der Waals surface area contributed by atoms with Gasteiger partial charge < -0.3 is 4.74 Å². The van der Waals surface area contributed by atoms with Gasteiger partial charge in [-0.05, 0) is 38.0 Å². The molecule has 4 heteroatoms. The Kier molecular flexibility index (Phi) is 6.10. The van der Waals surface area contributed by atoms with Gasteiger partial charge in [-0.1, -0.05) is 12.1 Å². The summed E-state index contributed by atoms with van der Waals surface area (Å²) in [5.41, 5.74) is 3.48. The lowest BCUT2D eigenvalue weighted by Crippen LogP contribution is -2.23. The quantitative estimate of drug-likeness (QED) is 0.739. The highest BCUT2D eigenvalue weighted by Gasteiger charge is 2.02. The number of hydroxylamine groups is 1. The van der Waals surface area contributed by atoms with Gasteiger partial charge in [0.15, 0.2) is 0 Å². The monoisotopic (exact) mass is 237 g/mol. The summed E-state index contributed by atoms with van der Waals surface area (Å²) in [7, 11) is 0.